The quantitative estimate of drug-likeness (QED) is 0.828. The fraction of sp³-hybridized carbons (Fsp3) is 0.417. The Morgan fingerprint density at radius 2 is 1.94 bits per heavy atom. The Bertz CT molecular complexity index is 385. The molecule has 0 bridgehead atoms. The zero-order chi connectivity index (χ0) is 13.0. The molecule has 1 atom stereocenters. The van der Waals surface area contributed by atoms with E-state index in [1.54, 1.807) is 14.2 Å². The van der Waals surface area contributed by atoms with Gasteiger partial charge in [0.25, 0.3) is 5.91 Å². The van der Waals surface area contributed by atoms with Crippen LogP contribution >= 0.6 is 0 Å². The van der Waals surface area contributed by atoms with Gasteiger partial charge in [0.1, 0.15) is 17.1 Å². The lowest BCUT2D eigenvalue weighted by Crippen LogP contribution is -2.37. The predicted octanol–water partition coefficient (Wildman–Crippen LogP) is 1.20. The molecule has 2 N–H and O–H groups in total. The second-order valence-corrected chi connectivity index (χ2v) is 3.89. The van der Waals surface area contributed by atoms with E-state index in [9.17, 15) is 15.0 Å². The van der Waals surface area contributed by atoms with Crippen molar-refractivity contribution >= 4 is 5.91 Å². The normalized spacial score (nSPS) is 12.2. The number of amides is 1. The lowest BCUT2D eigenvalue weighted by Gasteiger charge is -2.24. The van der Waals surface area contributed by atoms with Gasteiger partial charge in [-0.2, -0.15) is 0 Å². The SMILES string of the molecule is COCC(C)N(C)C(=O)c1c(O)cccc1O. The lowest BCUT2D eigenvalue weighted by molar-refractivity contribution is 0.0628. The second-order valence-electron chi connectivity index (χ2n) is 3.89. The summed E-state index contributed by atoms with van der Waals surface area (Å²) < 4.78 is 4.95. The van der Waals surface area contributed by atoms with Crippen LogP contribution in [0.1, 0.15) is 17.3 Å². The van der Waals surface area contributed by atoms with Gasteiger partial charge < -0.3 is 19.8 Å². The number of hydrogen-bond donors (Lipinski definition) is 2. The van der Waals surface area contributed by atoms with Crippen molar-refractivity contribution < 1.29 is 19.7 Å². The van der Waals surface area contributed by atoms with E-state index in [1.165, 1.54) is 23.1 Å². The third-order valence-corrected chi connectivity index (χ3v) is 2.62. The summed E-state index contributed by atoms with van der Waals surface area (Å²) in [6.45, 7) is 2.20. The summed E-state index contributed by atoms with van der Waals surface area (Å²) in [5.41, 5.74) is -0.0852. The van der Waals surface area contributed by atoms with E-state index < -0.39 is 5.91 Å². The third kappa shape index (κ3) is 2.88. The second kappa shape index (κ2) is 5.54. The smallest absolute Gasteiger partial charge is 0.261 e. The number of carbonyl (C=O) groups is 1. The largest absolute Gasteiger partial charge is 0.507 e. The van der Waals surface area contributed by atoms with E-state index in [1.807, 2.05) is 6.92 Å². The van der Waals surface area contributed by atoms with Crippen LogP contribution in [0.2, 0.25) is 0 Å². The van der Waals surface area contributed by atoms with Gasteiger partial charge in [0.15, 0.2) is 0 Å². The van der Waals surface area contributed by atoms with Crippen molar-refractivity contribution in [3.63, 3.8) is 0 Å². The van der Waals surface area contributed by atoms with Crippen LogP contribution in [0, 0.1) is 0 Å². The fourth-order valence-corrected chi connectivity index (χ4v) is 1.48. The van der Waals surface area contributed by atoms with Crippen LogP contribution < -0.4 is 0 Å². The molecule has 0 saturated heterocycles. The van der Waals surface area contributed by atoms with Gasteiger partial charge in [-0.1, -0.05) is 6.07 Å². The Labute approximate surface area is 100 Å². The maximum absolute atomic E-state index is 12.1. The predicted molar refractivity (Wildman–Crippen MR) is 63.2 cm³/mol. The topological polar surface area (TPSA) is 70.0 Å². The molecule has 94 valence electrons. The zero-order valence-electron chi connectivity index (χ0n) is 10.2. The van der Waals surface area contributed by atoms with Crippen LogP contribution in [0.4, 0.5) is 0 Å². The number of phenolic OH excluding ortho intramolecular Hbond substituents is 2. The molecule has 0 aliphatic heterocycles. The molecule has 1 unspecified atom stereocenters. The molecule has 0 fully saturated rings. The molecule has 1 rings (SSSR count). The summed E-state index contributed by atoms with van der Waals surface area (Å²) in [5.74, 6) is -0.900. The number of likely N-dealkylation sites (N-methyl/N-ethyl adjacent to an activating group) is 1. The van der Waals surface area contributed by atoms with Crippen LogP contribution in [-0.2, 0) is 4.74 Å². The number of nitrogens with zero attached hydrogens (tertiary/aromatic N) is 1. The minimum atomic E-state index is -0.440. The molecule has 0 aliphatic carbocycles. The van der Waals surface area contributed by atoms with Crippen molar-refractivity contribution in [1.29, 1.82) is 0 Å². The highest BCUT2D eigenvalue weighted by Gasteiger charge is 2.23. The van der Waals surface area contributed by atoms with Gasteiger partial charge in [-0.05, 0) is 19.1 Å². The van der Waals surface area contributed by atoms with Gasteiger partial charge in [0.2, 0.25) is 0 Å². The Morgan fingerprint density at radius 1 is 1.41 bits per heavy atom. The van der Waals surface area contributed by atoms with Crippen LogP contribution in [0.3, 0.4) is 0 Å². The van der Waals surface area contributed by atoms with E-state index in [4.69, 9.17) is 4.74 Å². The van der Waals surface area contributed by atoms with E-state index in [0.29, 0.717) is 6.61 Å². The van der Waals surface area contributed by atoms with Crippen molar-refractivity contribution in [3.05, 3.63) is 23.8 Å². The number of carbonyl (C=O) groups excluding carboxylic acids is 1. The molecule has 0 radical (unpaired) electrons. The Hall–Kier alpha value is -1.75. The summed E-state index contributed by atoms with van der Waals surface area (Å²) in [4.78, 5) is 13.5. The number of hydrogen-bond acceptors (Lipinski definition) is 4. The highest BCUT2D eigenvalue weighted by Crippen LogP contribution is 2.27. The molecular formula is C12H17NO4. The molecule has 0 aromatic heterocycles. The van der Waals surface area contributed by atoms with Crippen molar-refractivity contribution in [3.8, 4) is 11.5 Å². The first-order valence-corrected chi connectivity index (χ1v) is 5.26. The first-order chi connectivity index (χ1) is 7.99. The fourth-order valence-electron chi connectivity index (χ4n) is 1.48. The molecule has 0 saturated carbocycles. The van der Waals surface area contributed by atoms with Crippen LogP contribution in [0.25, 0.3) is 0 Å². The Balaban J connectivity index is 2.96. The van der Waals surface area contributed by atoms with Crippen molar-refractivity contribution in [2.45, 2.75) is 13.0 Å². The van der Waals surface area contributed by atoms with Crippen LogP contribution in [0.5, 0.6) is 11.5 Å². The number of ether oxygens (including phenoxy) is 1. The van der Waals surface area contributed by atoms with Gasteiger partial charge in [0, 0.05) is 14.2 Å². The molecule has 5 nitrogen and oxygen atoms in total. The maximum atomic E-state index is 12.1. The van der Waals surface area contributed by atoms with Crippen molar-refractivity contribution in [2.24, 2.45) is 0 Å². The monoisotopic (exact) mass is 239 g/mol. The average Bonchev–Trinajstić information content (AvgIpc) is 2.27. The van der Waals surface area contributed by atoms with Gasteiger partial charge in [-0.15, -0.1) is 0 Å². The van der Waals surface area contributed by atoms with Crippen LogP contribution in [0.15, 0.2) is 18.2 Å². The summed E-state index contributed by atoms with van der Waals surface area (Å²) in [6.07, 6.45) is 0. The van der Waals surface area contributed by atoms with E-state index >= 15 is 0 Å². The molecular weight excluding hydrogens is 222 g/mol. The minimum Gasteiger partial charge on any atom is -0.507 e. The zero-order valence-corrected chi connectivity index (χ0v) is 10.2. The van der Waals surface area contributed by atoms with E-state index in [2.05, 4.69) is 0 Å². The summed E-state index contributed by atoms with van der Waals surface area (Å²) >= 11 is 0. The molecule has 0 heterocycles. The van der Waals surface area contributed by atoms with Gasteiger partial charge in [-0.25, -0.2) is 0 Å². The third-order valence-electron chi connectivity index (χ3n) is 2.62. The first kappa shape index (κ1) is 13.3. The highest BCUT2D eigenvalue weighted by atomic mass is 16.5. The molecule has 1 aromatic carbocycles. The number of aromatic hydroxyl groups is 2. The number of methoxy groups -OCH3 is 1. The van der Waals surface area contributed by atoms with Gasteiger partial charge in [0.05, 0.1) is 12.6 Å². The minimum absolute atomic E-state index is 0.0852. The van der Waals surface area contributed by atoms with E-state index in [0.717, 1.165) is 0 Å². The summed E-state index contributed by atoms with van der Waals surface area (Å²) in [5, 5.41) is 19.2. The maximum Gasteiger partial charge on any atom is 0.261 e. The first-order valence-electron chi connectivity index (χ1n) is 5.26. The van der Waals surface area contributed by atoms with Crippen LogP contribution in [-0.4, -0.2) is 47.8 Å². The number of benzene rings is 1. The molecule has 0 aliphatic rings. The number of rotatable bonds is 4. The lowest BCUT2D eigenvalue weighted by atomic mass is 10.1. The highest BCUT2D eigenvalue weighted by molar-refractivity contribution is 5.99. The summed E-state index contributed by atoms with van der Waals surface area (Å²) in [6, 6.07) is 4.05. The summed E-state index contributed by atoms with van der Waals surface area (Å²) in [7, 11) is 3.14. The van der Waals surface area contributed by atoms with Gasteiger partial charge in [-0.3, -0.25) is 4.79 Å². The molecule has 1 aromatic rings. The Kier molecular flexibility index (Phi) is 4.34. The molecule has 5 heteroatoms. The Morgan fingerprint density at radius 3 is 2.41 bits per heavy atom. The van der Waals surface area contributed by atoms with Crippen molar-refractivity contribution in [2.75, 3.05) is 20.8 Å². The standard InChI is InChI=1S/C12H17NO4/c1-8(7-17-3)13(2)12(16)11-9(14)5-4-6-10(11)15/h4-6,8,14-15H,7H2,1-3H3. The molecule has 17 heavy (non-hydrogen) atoms. The van der Waals surface area contributed by atoms with Crippen molar-refractivity contribution in [1.82, 2.24) is 4.90 Å². The average molecular weight is 239 g/mol. The number of phenols is 2. The van der Waals surface area contributed by atoms with E-state index in [-0.39, 0.29) is 23.1 Å². The molecule has 0 spiro atoms. The molecule has 1 amide bonds. The van der Waals surface area contributed by atoms with Gasteiger partial charge >= 0.3 is 0 Å².